The third kappa shape index (κ3) is 3.87. The number of fused-ring (bicyclic) bond motifs is 1. The number of aromatic nitrogens is 2. The lowest BCUT2D eigenvalue weighted by atomic mass is 10.1. The molecule has 2 aromatic heterocycles. The number of benzene rings is 1. The van der Waals surface area contributed by atoms with Crippen LogP contribution in [0, 0.1) is 27.7 Å². The van der Waals surface area contributed by atoms with Crippen LogP contribution in [0.25, 0.3) is 10.2 Å². The van der Waals surface area contributed by atoms with Gasteiger partial charge in [-0.15, -0.1) is 11.3 Å². The molecule has 1 aromatic carbocycles. The van der Waals surface area contributed by atoms with E-state index < -0.39 is 0 Å². The van der Waals surface area contributed by atoms with Gasteiger partial charge in [-0.05, 0) is 69.4 Å². The summed E-state index contributed by atoms with van der Waals surface area (Å²) in [5.41, 5.74) is 4.48. The van der Waals surface area contributed by atoms with Gasteiger partial charge in [-0.3, -0.25) is 4.79 Å². The van der Waals surface area contributed by atoms with E-state index in [-0.39, 0.29) is 5.91 Å². The molecule has 140 valence electrons. The Morgan fingerprint density at radius 1 is 1.19 bits per heavy atom. The lowest BCUT2D eigenvalue weighted by molar-refractivity contribution is -0.113. The molecule has 0 radical (unpaired) electrons. The zero-order valence-electron chi connectivity index (χ0n) is 16.0. The minimum atomic E-state index is -0.00686. The zero-order valence-corrected chi connectivity index (χ0v) is 17.7. The third-order valence-corrected chi connectivity index (χ3v) is 7.16. The van der Waals surface area contributed by atoms with E-state index in [1.807, 2.05) is 18.2 Å². The minimum Gasteiger partial charge on any atom is -0.325 e. The highest BCUT2D eigenvalue weighted by Crippen LogP contribution is 2.42. The molecule has 3 aromatic rings. The van der Waals surface area contributed by atoms with E-state index in [1.165, 1.54) is 46.2 Å². The Balaban J connectivity index is 1.54. The van der Waals surface area contributed by atoms with Gasteiger partial charge in [-0.1, -0.05) is 17.8 Å². The summed E-state index contributed by atoms with van der Waals surface area (Å²) in [6, 6.07) is 6.00. The summed E-state index contributed by atoms with van der Waals surface area (Å²) in [4.78, 5) is 24.4. The lowest BCUT2D eigenvalue weighted by Crippen LogP contribution is -2.14. The average molecular weight is 398 g/mol. The van der Waals surface area contributed by atoms with Crippen molar-refractivity contribution in [2.45, 2.75) is 51.5 Å². The van der Waals surface area contributed by atoms with Crippen LogP contribution in [0.15, 0.2) is 23.2 Å². The lowest BCUT2D eigenvalue weighted by Gasteiger charge is -2.09. The summed E-state index contributed by atoms with van der Waals surface area (Å²) >= 11 is 3.24. The Bertz CT molecular complexity index is 1040. The maximum absolute atomic E-state index is 12.5. The van der Waals surface area contributed by atoms with Crippen LogP contribution in [-0.4, -0.2) is 21.6 Å². The van der Waals surface area contributed by atoms with E-state index in [0.29, 0.717) is 11.7 Å². The van der Waals surface area contributed by atoms with Gasteiger partial charge in [0.25, 0.3) is 0 Å². The average Bonchev–Trinajstić information content (AvgIpc) is 3.43. The molecule has 1 saturated carbocycles. The molecule has 4 nitrogen and oxygen atoms in total. The quantitative estimate of drug-likeness (QED) is 0.454. The first kappa shape index (κ1) is 18.4. The Morgan fingerprint density at radius 2 is 1.96 bits per heavy atom. The standard InChI is InChI=1S/C21H23N3OS2/c1-11-5-8-16(9-12(11)2)22-17(25)10-26-20-18-13(3)14(4)27-21(18)24-19(23-20)15-6-7-15/h5,8-9,15H,6-7,10H2,1-4H3,(H,22,25). The monoisotopic (exact) mass is 397 g/mol. The zero-order chi connectivity index (χ0) is 19.1. The summed E-state index contributed by atoms with van der Waals surface area (Å²) in [5, 5.41) is 5.06. The number of hydrogen-bond acceptors (Lipinski definition) is 5. The fourth-order valence-corrected chi connectivity index (χ4v) is 5.00. The van der Waals surface area contributed by atoms with Gasteiger partial charge in [0.2, 0.25) is 5.91 Å². The highest BCUT2D eigenvalue weighted by atomic mass is 32.2. The number of carbonyl (C=O) groups is 1. The molecule has 4 rings (SSSR count). The van der Waals surface area contributed by atoms with Gasteiger partial charge in [0.1, 0.15) is 15.7 Å². The molecule has 1 N–H and O–H groups in total. The number of nitrogens with zero attached hydrogens (tertiary/aromatic N) is 2. The van der Waals surface area contributed by atoms with Crippen LogP contribution in [0.1, 0.15) is 46.2 Å². The third-order valence-electron chi connectivity index (χ3n) is 5.09. The Labute approximate surface area is 167 Å². The van der Waals surface area contributed by atoms with Crippen LogP contribution >= 0.6 is 23.1 Å². The topological polar surface area (TPSA) is 54.9 Å². The summed E-state index contributed by atoms with van der Waals surface area (Å²) in [7, 11) is 0. The van der Waals surface area contributed by atoms with E-state index in [9.17, 15) is 4.79 Å². The Hall–Kier alpha value is -1.92. The molecule has 1 amide bonds. The SMILES string of the molecule is Cc1ccc(NC(=O)CSc2nc(C3CC3)nc3sc(C)c(C)c23)cc1C. The van der Waals surface area contributed by atoms with Gasteiger partial charge in [0.05, 0.1) is 5.75 Å². The normalized spacial score (nSPS) is 13.9. The van der Waals surface area contributed by atoms with Crippen molar-refractivity contribution in [1.29, 1.82) is 0 Å². The van der Waals surface area contributed by atoms with Crippen LogP contribution in [0.2, 0.25) is 0 Å². The van der Waals surface area contributed by atoms with E-state index in [4.69, 9.17) is 9.97 Å². The predicted molar refractivity (Wildman–Crippen MR) is 114 cm³/mol. The summed E-state index contributed by atoms with van der Waals surface area (Å²) in [6.45, 7) is 8.37. The number of aryl methyl sites for hydroxylation is 4. The van der Waals surface area contributed by atoms with Crippen molar-refractivity contribution in [3.8, 4) is 0 Å². The van der Waals surface area contributed by atoms with Crippen molar-refractivity contribution in [1.82, 2.24) is 9.97 Å². The van der Waals surface area contributed by atoms with Crippen LogP contribution in [0.3, 0.4) is 0 Å². The van der Waals surface area contributed by atoms with Crippen molar-refractivity contribution in [3.63, 3.8) is 0 Å². The van der Waals surface area contributed by atoms with Gasteiger partial charge in [-0.2, -0.15) is 0 Å². The van der Waals surface area contributed by atoms with E-state index in [1.54, 1.807) is 11.3 Å². The largest absolute Gasteiger partial charge is 0.325 e. The van der Waals surface area contributed by atoms with Crippen LogP contribution in [-0.2, 0) is 4.79 Å². The Morgan fingerprint density at radius 3 is 2.67 bits per heavy atom. The predicted octanol–water partition coefficient (Wildman–Crippen LogP) is 5.53. The number of nitrogens with one attached hydrogen (secondary N) is 1. The first-order valence-corrected chi connectivity index (χ1v) is 11.0. The number of carbonyl (C=O) groups excluding carboxylic acids is 1. The van der Waals surface area contributed by atoms with E-state index in [0.717, 1.165) is 26.8 Å². The maximum atomic E-state index is 12.5. The number of thiophene rings is 1. The molecular formula is C21H23N3OS2. The number of amides is 1. The molecule has 1 aliphatic rings. The number of rotatable bonds is 5. The number of anilines is 1. The van der Waals surface area contributed by atoms with Gasteiger partial charge >= 0.3 is 0 Å². The van der Waals surface area contributed by atoms with Crippen LogP contribution in [0.5, 0.6) is 0 Å². The first-order chi connectivity index (χ1) is 12.9. The van der Waals surface area contributed by atoms with Crippen molar-refractivity contribution in [3.05, 3.63) is 45.6 Å². The van der Waals surface area contributed by atoms with Gasteiger partial charge < -0.3 is 5.32 Å². The summed E-state index contributed by atoms with van der Waals surface area (Å²) in [6.07, 6.45) is 2.35. The molecule has 6 heteroatoms. The molecule has 1 fully saturated rings. The molecule has 0 spiro atoms. The second kappa shape index (κ2) is 7.24. The number of hydrogen-bond donors (Lipinski definition) is 1. The van der Waals surface area contributed by atoms with Gasteiger partial charge in [-0.25, -0.2) is 9.97 Å². The molecule has 0 atom stereocenters. The second-order valence-corrected chi connectivity index (χ2v) is 9.43. The molecule has 2 heterocycles. The fraction of sp³-hybridized carbons (Fsp3) is 0.381. The first-order valence-electron chi connectivity index (χ1n) is 9.20. The summed E-state index contributed by atoms with van der Waals surface area (Å²) < 4.78 is 0. The second-order valence-electron chi connectivity index (χ2n) is 7.26. The smallest absolute Gasteiger partial charge is 0.234 e. The molecular weight excluding hydrogens is 374 g/mol. The van der Waals surface area contributed by atoms with Crippen molar-refractivity contribution >= 4 is 44.9 Å². The molecule has 0 bridgehead atoms. The molecule has 0 aliphatic heterocycles. The van der Waals surface area contributed by atoms with Crippen LogP contribution in [0.4, 0.5) is 5.69 Å². The molecule has 0 unspecified atom stereocenters. The van der Waals surface area contributed by atoms with Crippen molar-refractivity contribution in [2.24, 2.45) is 0 Å². The summed E-state index contributed by atoms with van der Waals surface area (Å²) in [5.74, 6) is 1.78. The van der Waals surface area contributed by atoms with Crippen molar-refractivity contribution in [2.75, 3.05) is 11.1 Å². The number of thioether (sulfide) groups is 1. The Kier molecular flexibility index (Phi) is 4.95. The van der Waals surface area contributed by atoms with Crippen molar-refractivity contribution < 1.29 is 4.79 Å². The fourth-order valence-electron chi connectivity index (χ4n) is 3.01. The van der Waals surface area contributed by atoms with Gasteiger partial charge in [0, 0.05) is 21.9 Å². The molecule has 0 saturated heterocycles. The van der Waals surface area contributed by atoms with Gasteiger partial charge in [0.15, 0.2) is 0 Å². The minimum absolute atomic E-state index is 0.00686. The highest BCUT2D eigenvalue weighted by molar-refractivity contribution is 8.00. The molecule has 1 aliphatic carbocycles. The maximum Gasteiger partial charge on any atom is 0.234 e. The molecule has 27 heavy (non-hydrogen) atoms. The van der Waals surface area contributed by atoms with Crippen LogP contribution < -0.4 is 5.32 Å². The van der Waals surface area contributed by atoms with E-state index >= 15 is 0 Å². The highest BCUT2D eigenvalue weighted by Gasteiger charge is 2.28. The van der Waals surface area contributed by atoms with E-state index in [2.05, 4.69) is 33.0 Å².